The molecule has 0 saturated carbocycles. The Hall–Kier alpha value is -1.39. The Labute approximate surface area is 129 Å². The average Bonchev–Trinajstić information content (AvgIpc) is 2.43. The molecule has 0 heterocycles. The Morgan fingerprint density at radius 1 is 1.35 bits per heavy atom. The van der Waals surface area contributed by atoms with E-state index in [1.165, 1.54) is 19.2 Å². The highest BCUT2D eigenvalue weighted by molar-refractivity contribution is 9.10. The number of hydrogen-bond donors (Lipinski definition) is 0. The van der Waals surface area contributed by atoms with E-state index in [1.54, 1.807) is 24.3 Å². The zero-order valence-electron chi connectivity index (χ0n) is 10.6. The third kappa shape index (κ3) is 3.19. The van der Waals surface area contributed by atoms with E-state index in [4.69, 9.17) is 16.3 Å². The number of Topliss-reactive ketones (excluding diaryl/α,β-unsaturated/α-hetero) is 1. The van der Waals surface area contributed by atoms with Gasteiger partial charge in [0.2, 0.25) is 0 Å². The van der Waals surface area contributed by atoms with Crippen molar-refractivity contribution in [3.63, 3.8) is 0 Å². The number of ether oxygens (including phenoxy) is 1. The predicted octanol–water partition coefficient (Wildman–Crippen LogP) is 4.68. The topological polar surface area (TPSA) is 26.3 Å². The molecule has 20 heavy (non-hydrogen) atoms. The van der Waals surface area contributed by atoms with Crippen molar-refractivity contribution in [1.29, 1.82) is 0 Å². The molecule has 0 amide bonds. The van der Waals surface area contributed by atoms with E-state index < -0.39 is 5.82 Å². The molecule has 0 fully saturated rings. The molecule has 2 rings (SSSR count). The summed E-state index contributed by atoms with van der Waals surface area (Å²) in [6, 6.07) is 9.55. The molecule has 0 aliphatic carbocycles. The largest absolute Gasteiger partial charge is 0.496 e. The van der Waals surface area contributed by atoms with E-state index in [1.807, 2.05) is 0 Å². The van der Waals surface area contributed by atoms with Crippen LogP contribution in [0.15, 0.2) is 40.9 Å². The number of rotatable bonds is 4. The van der Waals surface area contributed by atoms with Crippen molar-refractivity contribution in [3.05, 3.63) is 62.8 Å². The van der Waals surface area contributed by atoms with E-state index >= 15 is 0 Å². The number of halogens is 3. The Bertz CT molecular complexity index is 658. The van der Waals surface area contributed by atoms with Gasteiger partial charge in [-0.3, -0.25) is 4.79 Å². The van der Waals surface area contributed by atoms with Crippen LogP contribution in [-0.2, 0) is 6.42 Å². The smallest absolute Gasteiger partial charge is 0.171 e. The first-order chi connectivity index (χ1) is 9.52. The summed E-state index contributed by atoms with van der Waals surface area (Å²) in [7, 11) is 1.49. The summed E-state index contributed by atoms with van der Waals surface area (Å²) in [5, 5.41) is -0.0167. The van der Waals surface area contributed by atoms with Crippen LogP contribution >= 0.6 is 27.5 Å². The van der Waals surface area contributed by atoms with Crippen LogP contribution in [-0.4, -0.2) is 12.9 Å². The molecular weight excluding hydrogens is 347 g/mol. The summed E-state index contributed by atoms with van der Waals surface area (Å²) >= 11 is 9.17. The van der Waals surface area contributed by atoms with Gasteiger partial charge in [-0.25, -0.2) is 4.39 Å². The molecule has 0 bridgehead atoms. The van der Waals surface area contributed by atoms with Crippen molar-refractivity contribution < 1.29 is 13.9 Å². The molecule has 0 radical (unpaired) electrons. The minimum Gasteiger partial charge on any atom is -0.496 e. The second-order valence-electron chi connectivity index (χ2n) is 4.16. The predicted molar refractivity (Wildman–Crippen MR) is 80.1 cm³/mol. The zero-order valence-corrected chi connectivity index (χ0v) is 13.0. The number of carbonyl (C=O) groups is 1. The summed E-state index contributed by atoms with van der Waals surface area (Å²) in [6.45, 7) is 0. The molecule has 0 atom stereocenters. The van der Waals surface area contributed by atoms with Gasteiger partial charge >= 0.3 is 0 Å². The van der Waals surface area contributed by atoms with Gasteiger partial charge in [0.25, 0.3) is 0 Å². The second kappa shape index (κ2) is 6.37. The second-order valence-corrected chi connectivity index (χ2v) is 5.45. The van der Waals surface area contributed by atoms with E-state index in [0.29, 0.717) is 16.9 Å². The molecule has 0 aliphatic heterocycles. The van der Waals surface area contributed by atoms with Gasteiger partial charge in [-0.05, 0) is 29.8 Å². The van der Waals surface area contributed by atoms with E-state index in [9.17, 15) is 9.18 Å². The van der Waals surface area contributed by atoms with E-state index in [2.05, 4.69) is 15.9 Å². The number of methoxy groups -OCH3 is 1. The van der Waals surface area contributed by atoms with Gasteiger partial charge in [0.05, 0.1) is 17.7 Å². The first kappa shape index (κ1) is 15.0. The van der Waals surface area contributed by atoms with Gasteiger partial charge in [0.15, 0.2) is 5.78 Å². The summed E-state index contributed by atoms with van der Waals surface area (Å²) < 4.78 is 19.4. The van der Waals surface area contributed by atoms with E-state index in [0.717, 1.165) is 4.47 Å². The standard InChI is InChI=1S/C15H11BrClFO2/c1-20-14-8-10(16)5-6-11(14)13(19)7-9-3-2-4-12(18)15(9)17/h2-6,8H,7H2,1H3. The van der Waals surface area contributed by atoms with Crippen molar-refractivity contribution in [2.24, 2.45) is 0 Å². The van der Waals surface area contributed by atoms with Crippen LogP contribution in [0.1, 0.15) is 15.9 Å². The van der Waals surface area contributed by atoms with Crippen LogP contribution in [0, 0.1) is 5.82 Å². The summed E-state index contributed by atoms with van der Waals surface area (Å²) in [6.07, 6.45) is 0.0224. The molecule has 2 nitrogen and oxygen atoms in total. The minimum absolute atomic E-state index is 0.0167. The fourth-order valence-electron chi connectivity index (χ4n) is 1.85. The summed E-state index contributed by atoms with van der Waals surface area (Å²) in [4.78, 5) is 12.3. The molecule has 0 spiro atoms. The lowest BCUT2D eigenvalue weighted by atomic mass is 10.0. The molecule has 104 valence electrons. The average molecular weight is 358 g/mol. The quantitative estimate of drug-likeness (QED) is 0.743. The van der Waals surface area contributed by atoms with Crippen LogP contribution in [0.4, 0.5) is 4.39 Å². The lowest BCUT2D eigenvalue weighted by Crippen LogP contribution is -2.06. The van der Waals surface area contributed by atoms with E-state index in [-0.39, 0.29) is 17.2 Å². The summed E-state index contributed by atoms with van der Waals surface area (Å²) in [5.74, 6) is -0.238. The molecule has 5 heteroatoms. The highest BCUT2D eigenvalue weighted by Gasteiger charge is 2.15. The molecule has 2 aromatic carbocycles. The number of carbonyl (C=O) groups excluding carboxylic acids is 1. The van der Waals surface area contributed by atoms with Crippen molar-refractivity contribution in [2.45, 2.75) is 6.42 Å². The molecule has 0 unspecified atom stereocenters. The number of hydrogen-bond acceptors (Lipinski definition) is 2. The molecule has 0 aromatic heterocycles. The first-order valence-electron chi connectivity index (χ1n) is 5.82. The Balaban J connectivity index is 2.31. The van der Waals surface area contributed by atoms with Crippen LogP contribution in [0.5, 0.6) is 5.75 Å². The summed E-state index contributed by atoms with van der Waals surface area (Å²) in [5.41, 5.74) is 0.901. The van der Waals surface area contributed by atoms with Crippen molar-refractivity contribution in [3.8, 4) is 5.75 Å². The van der Waals surface area contributed by atoms with Crippen LogP contribution in [0.25, 0.3) is 0 Å². The van der Waals surface area contributed by atoms with Gasteiger partial charge in [-0.15, -0.1) is 0 Å². The normalized spacial score (nSPS) is 10.4. The molecular formula is C15H11BrClFO2. The Morgan fingerprint density at radius 2 is 2.10 bits per heavy atom. The molecule has 0 N–H and O–H groups in total. The number of benzene rings is 2. The molecule has 0 saturated heterocycles. The first-order valence-corrected chi connectivity index (χ1v) is 6.99. The highest BCUT2D eigenvalue weighted by Crippen LogP contribution is 2.26. The van der Waals surface area contributed by atoms with Crippen LogP contribution < -0.4 is 4.74 Å². The van der Waals surface area contributed by atoms with Gasteiger partial charge in [-0.1, -0.05) is 39.7 Å². The Morgan fingerprint density at radius 3 is 2.80 bits per heavy atom. The lowest BCUT2D eigenvalue weighted by Gasteiger charge is -2.09. The minimum atomic E-state index is -0.528. The van der Waals surface area contributed by atoms with Crippen LogP contribution in [0.2, 0.25) is 5.02 Å². The maximum atomic E-state index is 13.4. The highest BCUT2D eigenvalue weighted by atomic mass is 79.9. The maximum Gasteiger partial charge on any atom is 0.171 e. The van der Waals surface area contributed by atoms with Crippen molar-refractivity contribution >= 4 is 33.3 Å². The fraction of sp³-hybridized carbons (Fsp3) is 0.133. The van der Waals surface area contributed by atoms with Gasteiger partial charge < -0.3 is 4.74 Å². The van der Waals surface area contributed by atoms with Gasteiger partial charge in [0, 0.05) is 10.9 Å². The SMILES string of the molecule is COc1cc(Br)ccc1C(=O)Cc1cccc(F)c1Cl. The zero-order chi connectivity index (χ0) is 14.7. The van der Waals surface area contributed by atoms with Crippen molar-refractivity contribution in [1.82, 2.24) is 0 Å². The lowest BCUT2D eigenvalue weighted by molar-refractivity contribution is 0.0990. The maximum absolute atomic E-state index is 13.4. The monoisotopic (exact) mass is 356 g/mol. The third-order valence-electron chi connectivity index (χ3n) is 2.85. The molecule has 0 aliphatic rings. The van der Waals surface area contributed by atoms with Gasteiger partial charge in [0.1, 0.15) is 11.6 Å². The third-order valence-corrected chi connectivity index (χ3v) is 3.76. The Kier molecular flexibility index (Phi) is 4.78. The van der Waals surface area contributed by atoms with Gasteiger partial charge in [-0.2, -0.15) is 0 Å². The number of ketones is 1. The fourth-order valence-corrected chi connectivity index (χ4v) is 2.38. The van der Waals surface area contributed by atoms with Crippen LogP contribution in [0.3, 0.4) is 0 Å². The molecule has 2 aromatic rings. The van der Waals surface area contributed by atoms with Crippen molar-refractivity contribution in [2.75, 3.05) is 7.11 Å².